The standard InChI is InChI=1S/C12H20N4OS/c1-4-13-11(17)8(3)18-12-15-14-10(9-6-7-9)16(12)5-2/h8-9H,4-7H2,1-3H3,(H,13,17)/t8-/m0/s1. The number of carbonyl (C=O) groups excluding carboxylic acids is 1. The van der Waals surface area contributed by atoms with Crippen molar-refractivity contribution in [3.05, 3.63) is 5.82 Å². The summed E-state index contributed by atoms with van der Waals surface area (Å²) in [7, 11) is 0. The molecule has 6 heteroatoms. The number of aromatic nitrogens is 3. The first kappa shape index (κ1) is 13.4. The average Bonchev–Trinajstić information content (AvgIpc) is 3.12. The number of hydrogen-bond acceptors (Lipinski definition) is 4. The third kappa shape index (κ3) is 2.85. The number of thioether (sulfide) groups is 1. The van der Waals surface area contributed by atoms with Crippen molar-refractivity contribution in [3.63, 3.8) is 0 Å². The zero-order chi connectivity index (χ0) is 13.1. The molecule has 1 fully saturated rings. The summed E-state index contributed by atoms with van der Waals surface area (Å²) in [6.07, 6.45) is 2.43. The fraction of sp³-hybridized carbons (Fsp3) is 0.750. The molecule has 1 aromatic heterocycles. The smallest absolute Gasteiger partial charge is 0.233 e. The third-order valence-electron chi connectivity index (χ3n) is 3.01. The van der Waals surface area contributed by atoms with Crippen LogP contribution in [0.1, 0.15) is 45.4 Å². The molecule has 1 saturated carbocycles. The molecule has 1 aliphatic rings. The van der Waals surface area contributed by atoms with Crippen molar-refractivity contribution in [2.75, 3.05) is 6.54 Å². The molecule has 0 unspecified atom stereocenters. The summed E-state index contributed by atoms with van der Waals surface area (Å²) in [4.78, 5) is 11.7. The first-order valence-electron chi connectivity index (χ1n) is 6.54. The predicted molar refractivity (Wildman–Crippen MR) is 71.7 cm³/mol. The molecular formula is C12H20N4OS. The highest BCUT2D eigenvalue weighted by Gasteiger charge is 2.30. The topological polar surface area (TPSA) is 59.8 Å². The second-order valence-corrected chi connectivity index (χ2v) is 5.82. The van der Waals surface area contributed by atoms with Crippen LogP contribution < -0.4 is 5.32 Å². The minimum atomic E-state index is -0.133. The summed E-state index contributed by atoms with van der Waals surface area (Å²) < 4.78 is 2.14. The molecule has 2 rings (SSSR count). The van der Waals surface area contributed by atoms with Gasteiger partial charge in [-0.1, -0.05) is 11.8 Å². The van der Waals surface area contributed by atoms with E-state index in [1.165, 1.54) is 24.6 Å². The number of amides is 1. The van der Waals surface area contributed by atoms with Crippen LogP contribution in [-0.2, 0) is 11.3 Å². The van der Waals surface area contributed by atoms with E-state index in [2.05, 4.69) is 27.0 Å². The number of hydrogen-bond donors (Lipinski definition) is 1. The molecule has 0 saturated heterocycles. The molecule has 1 aliphatic carbocycles. The molecule has 100 valence electrons. The average molecular weight is 268 g/mol. The summed E-state index contributed by atoms with van der Waals surface area (Å²) in [5.41, 5.74) is 0. The van der Waals surface area contributed by atoms with Gasteiger partial charge in [0.1, 0.15) is 5.82 Å². The van der Waals surface area contributed by atoms with Gasteiger partial charge in [0.15, 0.2) is 5.16 Å². The maximum Gasteiger partial charge on any atom is 0.233 e. The highest BCUT2D eigenvalue weighted by molar-refractivity contribution is 8.00. The van der Waals surface area contributed by atoms with E-state index in [-0.39, 0.29) is 11.2 Å². The lowest BCUT2D eigenvalue weighted by atomic mass is 10.4. The number of nitrogens with one attached hydrogen (secondary N) is 1. The molecule has 0 spiro atoms. The maximum atomic E-state index is 11.7. The van der Waals surface area contributed by atoms with E-state index in [1.54, 1.807) is 0 Å². The summed E-state index contributed by atoms with van der Waals surface area (Å²) in [5.74, 6) is 1.73. The van der Waals surface area contributed by atoms with Crippen molar-refractivity contribution in [1.29, 1.82) is 0 Å². The normalized spacial score (nSPS) is 16.6. The zero-order valence-corrected chi connectivity index (χ0v) is 12.0. The van der Waals surface area contributed by atoms with Crippen LogP contribution in [0.4, 0.5) is 0 Å². The summed E-state index contributed by atoms with van der Waals surface area (Å²) in [6.45, 7) is 7.45. The Hall–Kier alpha value is -1.04. The number of rotatable bonds is 6. The third-order valence-corrected chi connectivity index (χ3v) is 4.09. The summed E-state index contributed by atoms with van der Waals surface area (Å²) in [5, 5.41) is 12.0. The van der Waals surface area contributed by atoms with E-state index in [0.29, 0.717) is 12.5 Å². The Kier molecular flexibility index (Phi) is 4.27. The highest BCUT2D eigenvalue weighted by atomic mass is 32.2. The van der Waals surface area contributed by atoms with Gasteiger partial charge in [0, 0.05) is 19.0 Å². The van der Waals surface area contributed by atoms with Gasteiger partial charge in [-0.05, 0) is 33.6 Å². The van der Waals surface area contributed by atoms with Crippen molar-refractivity contribution >= 4 is 17.7 Å². The molecule has 1 aromatic rings. The van der Waals surface area contributed by atoms with E-state index in [0.717, 1.165) is 17.5 Å². The molecule has 5 nitrogen and oxygen atoms in total. The van der Waals surface area contributed by atoms with Crippen molar-refractivity contribution < 1.29 is 4.79 Å². The quantitative estimate of drug-likeness (QED) is 0.799. The van der Waals surface area contributed by atoms with Crippen LogP contribution in [0.15, 0.2) is 5.16 Å². The lowest BCUT2D eigenvalue weighted by Crippen LogP contribution is -2.30. The van der Waals surface area contributed by atoms with Gasteiger partial charge in [0.05, 0.1) is 5.25 Å². The Labute approximate surface area is 112 Å². The summed E-state index contributed by atoms with van der Waals surface area (Å²) in [6, 6.07) is 0. The molecule has 0 radical (unpaired) electrons. The highest BCUT2D eigenvalue weighted by Crippen LogP contribution is 2.40. The Morgan fingerprint density at radius 3 is 2.78 bits per heavy atom. The molecule has 1 N–H and O–H groups in total. The van der Waals surface area contributed by atoms with E-state index >= 15 is 0 Å². The van der Waals surface area contributed by atoms with Gasteiger partial charge in [-0.2, -0.15) is 0 Å². The van der Waals surface area contributed by atoms with Crippen LogP contribution >= 0.6 is 11.8 Å². The van der Waals surface area contributed by atoms with Gasteiger partial charge >= 0.3 is 0 Å². The van der Waals surface area contributed by atoms with Gasteiger partial charge in [-0.25, -0.2) is 0 Å². The van der Waals surface area contributed by atoms with Gasteiger partial charge < -0.3 is 9.88 Å². The molecule has 0 aromatic carbocycles. The van der Waals surface area contributed by atoms with Crippen LogP contribution in [0.5, 0.6) is 0 Å². The van der Waals surface area contributed by atoms with E-state index in [1.807, 2.05) is 13.8 Å². The molecule has 18 heavy (non-hydrogen) atoms. The van der Waals surface area contributed by atoms with Crippen LogP contribution in [-0.4, -0.2) is 32.5 Å². The number of carbonyl (C=O) groups is 1. The van der Waals surface area contributed by atoms with E-state index < -0.39 is 0 Å². The van der Waals surface area contributed by atoms with Gasteiger partial charge in [0.2, 0.25) is 5.91 Å². The maximum absolute atomic E-state index is 11.7. The Bertz CT molecular complexity index is 428. The minimum Gasteiger partial charge on any atom is -0.355 e. The Morgan fingerprint density at radius 1 is 1.50 bits per heavy atom. The van der Waals surface area contributed by atoms with E-state index in [9.17, 15) is 4.79 Å². The van der Waals surface area contributed by atoms with Gasteiger partial charge in [0.25, 0.3) is 0 Å². The van der Waals surface area contributed by atoms with Crippen LogP contribution in [0, 0.1) is 0 Å². The van der Waals surface area contributed by atoms with Crippen molar-refractivity contribution in [2.24, 2.45) is 0 Å². The second kappa shape index (κ2) is 5.73. The molecule has 0 bridgehead atoms. The van der Waals surface area contributed by atoms with Crippen molar-refractivity contribution in [2.45, 2.75) is 56.5 Å². The van der Waals surface area contributed by atoms with Crippen LogP contribution in [0.25, 0.3) is 0 Å². The molecule has 0 aliphatic heterocycles. The van der Waals surface area contributed by atoms with Crippen LogP contribution in [0.2, 0.25) is 0 Å². The van der Waals surface area contributed by atoms with Crippen LogP contribution in [0.3, 0.4) is 0 Å². The lowest BCUT2D eigenvalue weighted by Gasteiger charge is -2.11. The fourth-order valence-electron chi connectivity index (χ4n) is 1.86. The largest absolute Gasteiger partial charge is 0.355 e. The second-order valence-electron chi connectivity index (χ2n) is 4.51. The SMILES string of the molecule is CCNC(=O)[C@H](C)Sc1nnc(C2CC2)n1CC. The fourth-order valence-corrected chi connectivity index (χ4v) is 2.80. The van der Waals surface area contributed by atoms with E-state index in [4.69, 9.17) is 0 Å². The van der Waals surface area contributed by atoms with Crippen molar-refractivity contribution in [1.82, 2.24) is 20.1 Å². The molecule has 1 amide bonds. The molecular weight excluding hydrogens is 248 g/mol. The zero-order valence-electron chi connectivity index (χ0n) is 11.1. The monoisotopic (exact) mass is 268 g/mol. The summed E-state index contributed by atoms with van der Waals surface area (Å²) >= 11 is 1.49. The predicted octanol–water partition coefficient (Wildman–Crippen LogP) is 1.79. The molecule has 1 atom stereocenters. The lowest BCUT2D eigenvalue weighted by molar-refractivity contribution is -0.120. The first-order valence-corrected chi connectivity index (χ1v) is 7.42. The molecule has 1 heterocycles. The van der Waals surface area contributed by atoms with Gasteiger partial charge in [-0.3, -0.25) is 4.79 Å². The van der Waals surface area contributed by atoms with Gasteiger partial charge in [-0.15, -0.1) is 10.2 Å². The van der Waals surface area contributed by atoms with Crippen molar-refractivity contribution in [3.8, 4) is 0 Å². The first-order chi connectivity index (χ1) is 8.67. The Morgan fingerprint density at radius 2 is 2.22 bits per heavy atom. The minimum absolute atomic E-state index is 0.0566. The number of nitrogens with zero attached hydrogens (tertiary/aromatic N) is 3. The Balaban J connectivity index is 2.06.